The number of thiazole rings is 1. The van der Waals surface area contributed by atoms with E-state index in [0.29, 0.717) is 33.8 Å². The Bertz CT molecular complexity index is 903. The summed E-state index contributed by atoms with van der Waals surface area (Å²) >= 11 is 1.22. The predicted octanol–water partition coefficient (Wildman–Crippen LogP) is 4.36. The van der Waals surface area contributed by atoms with Crippen LogP contribution in [0.1, 0.15) is 60.9 Å². The Kier molecular flexibility index (Phi) is 6.65. The van der Waals surface area contributed by atoms with E-state index in [1.165, 1.54) is 32.0 Å². The molecule has 162 valence electrons. The normalized spacial score (nSPS) is 20.3. The van der Waals surface area contributed by atoms with Crippen molar-refractivity contribution in [1.29, 1.82) is 0 Å². The zero-order valence-electron chi connectivity index (χ0n) is 18.1. The summed E-state index contributed by atoms with van der Waals surface area (Å²) in [7, 11) is 3.05. The van der Waals surface area contributed by atoms with Crippen molar-refractivity contribution in [3.05, 3.63) is 34.8 Å². The molecule has 1 saturated carbocycles. The van der Waals surface area contributed by atoms with E-state index in [0.717, 1.165) is 12.8 Å². The molecule has 1 aromatic carbocycles. The van der Waals surface area contributed by atoms with Crippen LogP contribution in [0.2, 0.25) is 0 Å². The lowest BCUT2D eigenvalue weighted by Gasteiger charge is -2.39. The lowest BCUT2D eigenvalue weighted by Crippen LogP contribution is -2.43. The van der Waals surface area contributed by atoms with Crippen molar-refractivity contribution in [3.63, 3.8) is 0 Å². The van der Waals surface area contributed by atoms with Gasteiger partial charge in [-0.1, -0.05) is 20.8 Å². The van der Waals surface area contributed by atoms with Crippen LogP contribution in [0.3, 0.4) is 0 Å². The molecule has 2 unspecified atom stereocenters. The lowest BCUT2D eigenvalue weighted by atomic mass is 9.70. The highest BCUT2D eigenvalue weighted by atomic mass is 32.1. The Morgan fingerprint density at radius 2 is 1.77 bits per heavy atom. The number of benzene rings is 1. The average Bonchev–Trinajstić information content (AvgIpc) is 3.14. The molecule has 2 N–H and O–H groups in total. The molecular weight excluding hydrogens is 402 g/mol. The number of hydrogen-bond acceptors (Lipinski definition) is 6. The van der Waals surface area contributed by atoms with Crippen LogP contribution >= 0.6 is 11.3 Å². The van der Waals surface area contributed by atoms with Gasteiger partial charge >= 0.3 is 0 Å². The zero-order chi connectivity index (χ0) is 21.9. The molecule has 2 amide bonds. The minimum atomic E-state index is -0.351. The van der Waals surface area contributed by atoms with Crippen LogP contribution in [0, 0.1) is 11.3 Å². The topological polar surface area (TPSA) is 89.6 Å². The third-order valence-corrected chi connectivity index (χ3v) is 6.05. The third-order valence-electron chi connectivity index (χ3n) is 5.29. The molecule has 2 atom stereocenters. The molecule has 1 fully saturated rings. The predicted molar refractivity (Wildman–Crippen MR) is 118 cm³/mol. The summed E-state index contributed by atoms with van der Waals surface area (Å²) < 4.78 is 10.4. The first-order valence-corrected chi connectivity index (χ1v) is 10.9. The first-order valence-electron chi connectivity index (χ1n) is 10.00. The molecule has 3 rings (SSSR count). The molecular formula is C22H29N3O4S. The van der Waals surface area contributed by atoms with Crippen LogP contribution in [-0.2, 0) is 0 Å². The number of carbonyl (C=O) groups excluding carboxylic acids is 2. The van der Waals surface area contributed by atoms with Gasteiger partial charge in [0.1, 0.15) is 17.2 Å². The second-order valence-electron chi connectivity index (χ2n) is 8.68. The Labute approximate surface area is 181 Å². The van der Waals surface area contributed by atoms with E-state index in [1.807, 2.05) is 0 Å². The van der Waals surface area contributed by atoms with Gasteiger partial charge in [0.2, 0.25) is 0 Å². The number of carbonyl (C=O) groups is 2. The van der Waals surface area contributed by atoms with E-state index in [2.05, 4.69) is 36.4 Å². The highest BCUT2D eigenvalue weighted by molar-refractivity contribution is 7.14. The summed E-state index contributed by atoms with van der Waals surface area (Å²) in [4.78, 5) is 29.5. The maximum Gasteiger partial charge on any atom is 0.271 e. The Morgan fingerprint density at radius 1 is 1.10 bits per heavy atom. The number of anilines is 1. The molecule has 0 saturated heterocycles. The molecule has 0 spiro atoms. The van der Waals surface area contributed by atoms with E-state index in [1.54, 1.807) is 23.6 Å². The fraction of sp³-hybridized carbons (Fsp3) is 0.500. The largest absolute Gasteiger partial charge is 0.497 e. The van der Waals surface area contributed by atoms with Crippen LogP contribution < -0.4 is 20.1 Å². The van der Waals surface area contributed by atoms with E-state index >= 15 is 0 Å². The summed E-state index contributed by atoms with van der Waals surface area (Å²) in [5, 5.41) is 7.87. The van der Waals surface area contributed by atoms with Gasteiger partial charge in [0.25, 0.3) is 11.8 Å². The van der Waals surface area contributed by atoms with Gasteiger partial charge in [0.15, 0.2) is 5.13 Å². The molecule has 1 heterocycles. The third kappa shape index (κ3) is 5.50. The van der Waals surface area contributed by atoms with E-state index in [4.69, 9.17) is 9.47 Å². The molecule has 2 aromatic rings. The smallest absolute Gasteiger partial charge is 0.271 e. The number of methoxy groups -OCH3 is 2. The summed E-state index contributed by atoms with van der Waals surface area (Å²) in [6.45, 7) is 6.71. The Hall–Kier alpha value is -2.61. The van der Waals surface area contributed by atoms with Crippen molar-refractivity contribution < 1.29 is 19.1 Å². The lowest BCUT2D eigenvalue weighted by molar-refractivity contribution is 0.0869. The van der Waals surface area contributed by atoms with E-state index in [9.17, 15) is 9.59 Å². The minimum Gasteiger partial charge on any atom is -0.497 e. The van der Waals surface area contributed by atoms with Crippen molar-refractivity contribution in [2.24, 2.45) is 11.3 Å². The average molecular weight is 432 g/mol. The summed E-state index contributed by atoms with van der Waals surface area (Å²) in [6.07, 6.45) is 3.09. The molecule has 0 radical (unpaired) electrons. The summed E-state index contributed by atoms with van der Waals surface area (Å²) in [6, 6.07) is 5.06. The van der Waals surface area contributed by atoms with Crippen LogP contribution in [-0.4, -0.2) is 37.1 Å². The maximum absolute atomic E-state index is 12.7. The van der Waals surface area contributed by atoms with Crippen LogP contribution in [0.4, 0.5) is 5.13 Å². The second-order valence-corrected chi connectivity index (χ2v) is 9.54. The number of ether oxygens (including phenoxy) is 2. The number of nitrogens with one attached hydrogen (secondary N) is 2. The van der Waals surface area contributed by atoms with Crippen LogP contribution in [0.15, 0.2) is 23.6 Å². The number of amides is 2. The van der Waals surface area contributed by atoms with Crippen LogP contribution in [0.5, 0.6) is 11.5 Å². The monoisotopic (exact) mass is 431 g/mol. The van der Waals surface area contributed by atoms with Gasteiger partial charge in [-0.25, -0.2) is 4.98 Å². The maximum atomic E-state index is 12.7. The van der Waals surface area contributed by atoms with Gasteiger partial charge in [0, 0.05) is 23.1 Å². The molecule has 1 aliphatic rings. The molecule has 7 nitrogen and oxygen atoms in total. The molecule has 8 heteroatoms. The number of aromatic nitrogens is 1. The molecule has 30 heavy (non-hydrogen) atoms. The van der Waals surface area contributed by atoms with Crippen molar-refractivity contribution in [3.8, 4) is 11.5 Å². The summed E-state index contributed by atoms with van der Waals surface area (Å²) in [5.74, 6) is 1.05. The van der Waals surface area contributed by atoms with Crippen molar-refractivity contribution >= 4 is 28.3 Å². The standard InChI is InChI=1S/C22H29N3O4S/c1-13-6-15(11-22(2,3)10-13)23-20(27)18-12-30-21(24-18)25-19(26)14-7-16(28-4)9-17(8-14)29-5/h7-9,12-13,15H,6,10-11H2,1-5H3,(H,23,27)(H,24,25,26). The highest BCUT2D eigenvalue weighted by Gasteiger charge is 2.33. The van der Waals surface area contributed by atoms with Crippen LogP contribution in [0.25, 0.3) is 0 Å². The van der Waals surface area contributed by atoms with E-state index < -0.39 is 0 Å². The Morgan fingerprint density at radius 3 is 2.37 bits per heavy atom. The first-order chi connectivity index (χ1) is 14.2. The van der Waals surface area contributed by atoms with Gasteiger partial charge < -0.3 is 14.8 Å². The number of hydrogen-bond donors (Lipinski definition) is 2. The fourth-order valence-corrected chi connectivity index (χ4v) is 4.94. The van der Waals surface area contributed by atoms with Gasteiger partial charge in [-0.05, 0) is 42.7 Å². The molecule has 1 aliphatic carbocycles. The van der Waals surface area contributed by atoms with Gasteiger partial charge in [-0.3, -0.25) is 14.9 Å². The number of rotatable bonds is 6. The minimum absolute atomic E-state index is 0.139. The zero-order valence-corrected chi connectivity index (χ0v) is 18.9. The fourth-order valence-electron chi connectivity index (χ4n) is 4.26. The van der Waals surface area contributed by atoms with Gasteiger partial charge in [-0.15, -0.1) is 11.3 Å². The first kappa shape index (κ1) is 22.1. The highest BCUT2D eigenvalue weighted by Crippen LogP contribution is 2.38. The van der Waals surface area contributed by atoms with Gasteiger partial charge in [0.05, 0.1) is 14.2 Å². The molecule has 0 bridgehead atoms. The molecule has 1 aromatic heterocycles. The van der Waals surface area contributed by atoms with Crippen molar-refractivity contribution in [2.75, 3.05) is 19.5 Å². The molecule has 0 aliphatic heterocycles. The number of nitrogens with zero attached hydrogens (tertiary/aromatic N) is 1. The van der Waals surface area contributed by atoms with E-state index in [-0.39, 0.29) is 23.3 Å². The van der Waals surface area contributed by atoms with Gasteiger partial charge in [-0.2, -0.15) is 0 Å². The SMILES string of the molecule is COc1cc(OC)cc(C(=O)Nc2nc(C(=O)NC3CC(C)CC(C)(C)C3)cs2)c1. The second kappa shape index (κ2) is 9.04. The quantitative estimate of drug-likeness (QED) is 0.709. The van der Waals surface area contributed by atoms with Crippen molar-refractivity contribution in [2.45, 2.75) is 46.1 Å². The Balaban J connectivity index is 1.65. The van der Waals surface area contributed by atoms with Crippen molar-refractivity contribution in [1.82, 2.24) is 10.3 Å². The summed E-state index contributed by atoms with van der Waals surface area (Å²) in [5.41, 5.74) is 0.912.